The second kappa shape index (κ2) is 4.60. The Kier molecular flexibility index (Phi) is 3.38. The molecule has 3 nitrogen and oxygen atoms in total. The van der Waals surface area contributed by atoms with Gasteiger partial charge >= 0.3 is 0 Å². The predicted octanol–water partition coefficient (Wildman–Crippen LogP) is 1.62. The van der Waals surface area contributed by atoms with Gasteiger partial charge in [0.1, 0.15) is 5.01 Å². The molecule has 2 heterocycles. The Morgan fingerprint density at radius 2 is 2.47 bits per heavy atom. The monoisotopic (exact) mass is 225 g/mol. The van der Waals surface area contributed by atoms with E-state index in [9.17, 15) is 0 Å². The Hall–Kier alpha value is -0.450. The van der Waals surface area contributed by atoms with Gasteiger partial charge in [0.25, 0.3) is 0 Å². The van der Waals surface area contributed by atoms with Gasteiger partial charge in [-0.25, -0.2) is 4.98 Å². The molecule has 1 aromatic heterocycles. The van der Waals surface area contributed by atoms with Gasteiger partial charge in [0.2, 0.25) is 0 Å². The molecule has 0 amide bonds. The van der Waals surface area contributed by atoms with Gasteiger partial charge in [-0.1, -0.05) is 6.92 Å². The van der Waals surface area contributed by atoms with Gasteiger partial charge < -0.3 is 5.73 Å². The Morgan fingerprint density at radius 1 is 1.67 bits per heavy atom. The summed E-state index contributed by atoms with van der Waals surface area (Å²) in [5, 5.41) is 1.23. The largest absolute Gasteiger partial charge is 0.327 e. The first kappa shape index (κ1) is 11.0. The SMILES string of the molecule is Cc1cnc(CN2CCC(N)C(C)C2)s1. The summed E-state index contributed by atoms with van der Waals surface area (Å²) in [7, 11) is 0. The maximum absolute atomic E-state index is 6.00. The Bertz CT molecular complexity index is 323. The number of nitrogens with two attached hydrogens (primary N) is 1. The average Bonchev–Trinajstić information content (AvgIpc) is 2.58. The van der Waals surface area contributed by atoms with E-state index in [0.29, 0.717) is 12.0 Å². The molecule has 1 aliphatic rings. The number of hydrogen-bond acceptors (Lipinski definition) is 4. The number of piperidine rings is 1. The highest BCUT2D eigenvalue weighted by Crippen LogP contribution is 2.19. The lowest BCUT2D eigenvalue weighted by Crippen LogP contribution is -2.45. The number of hydrogen-bond donors (Lipinski definition) is 1. The number of likely N-dealkylation sites (tertiary alicyclic amines) is 1. The molecule has 0 radical (unpaired) electrons. The summed E-state index contributed by atoms with van der Waals surface area (Å²) in [6.07, 6.45) is 3.07. The zero-order valence-electron chi connectivity index (χ0n) is 9.44. The van der Waals surface area contributed by atoms with E-state index in [2.05, 4.69) is 23.7 Å². The fourth-order valence-corrected chi connectivity index (χ4v) is 2.89. The molecule has 2 N–H and O–H groups in total. The molecular formula is C11H19N3S. The number of aryl methyl sites for hydroxylation is 1. The van der Waals surface area contributed by atoms with Crippen LogP contribution in [0.2, 0.25) is 0 Å². The number of rotatable bonds is 2. The van der Waals surface area contributed by atoms with Crippen LogP contribution in [0.25, 0.3) is 0 Å². The van der Waals surface area contributed by atoms with Crippen LogP contribution in [0.4, 0.5) is 0 Å². The number of thiazole rings is 1. The second-order valence-electron chi connectivity index (χ2n) is 4.53. The van der Waals surface area contributed by atoms with Crippen molar-refractivity contribution in [2.75, 3.05) is 13.1 Å². The lowest BCUT2D eigenvalue weighted by atomic mass is 9.95. The average molecular weight is 225 g/mol. The van der Waals surface area contributed by atoms with Crippen molar-refractivity contribution in [3.05, 3.63) is 16.1 Å². The van der Waals surface area contributed by atoms with Gasteiger partial charge in [0.05, 0.1) is 6.54 Å². The molecule has 0 spiro atoms. The van der Waals surface area contributed by atoms with E-state index in [0.717, 1.165) is 26.1 Å². The van der Waals surface area contributed by atoms with E-state index in [1.807, 2.05) is 6.20 Å². The number of aromatic nitrogens is 1. The van der Waals surface area contributed by atoms with Gasteiger partial charge in [-0.15, -0.1) is 11.3 Å². The highest BCUT2D eigenvalue weighted by atomic mass is 32.1. The first-order valence-corrected chi connectivity index (χ1v) is 6.36. The van der Waals surface area contributed by atoms with Crippen molar-refractivity contribution in [1.29, 1.82) is 0 Å². The fraction of sp³-hybridized carbons (Fsp3) is 0.727. The van der Waals surface area contributed by atoms with Crippen LogP contribution < -0.4 is 5.73 Å². The van der Waals surface area contributed by atoms with E-state index >= 15 is 0 Å². The number of nitrogens with zero attached hydrogens (tertiary/aromatic N) is 2. The van der Waals surface area contributed by atoms with E-state index in [1.165, 1.54) is 9.88 Å². The van der Waals surface area contributed by atoms with Gasteiger partial charge in [0, 0.05) is 30.2 Å². The molecule has 1 fully saturated rings. The maximum Gasteiger partial charge on any atom is 0.107 e. The van der Waals surface area contributed by atoms with Crippen molar-refractivity contribution in [3.63, 3.8) is 0 Å². The van der Waals surface area contributed by atoms with Gasteiger partial charge in [-0.2, -0.15) is 0 Å². The van der Waals surface area contributed by atoms with Crippen molar-refractivity contribution in [3.8, 4) is 0 Å². The third-order valence-corrected chi connectivity index (χ3v) is 3.98. The first-order chi connectivity index (χ1) is 7.15. The Balaban J connectivity index is 1.90. The summed E-state index contributed by atoms with van der Waals surface area (Å²) in [6, 6.07) is 0.388. The standard InChI is InChI=1S/C11H19N3S/c1-8-6-14(4-3-10(8)12)7-11-13-5-9(2)15-11/h5,8,10H,3-4,6-7,12H2,1-2H3. The second-order valence-corrected chi connectivity index (χ2v) is 5.85. The molecule has 84 valence electrons. The van der Waals surface area contributed by atoms with Gasteiger partial charge in [0.15, 0.2) is 0 Å². The molecule has 1 saturated heterocycles. The third-order valence-electron chi connectivity index (χ3n) is 3.08. The van der Waals surface area contributed by atoms with Crippen LogP contribution >= 0.6 is 11.3 Å². The normalized spacial score (nSPS) is 28.2. The molecular weight excluding hydrogens is 206 g/mol. The molecule has 1 aliphatic heterocycles. The molecule has 2 atom stereocenters. The van der Waals surface area contributed by atoms with Crippen LogP contribution in [0.15, 0.2) is 6.20 Å². The molecule has 0 aromatic carbocycles. The minimum Gasteiger partial charge on any atom is -0.327 e. The van der Waals surface area contributed by atoms with E-state index < -0.39 is 0 Å². The fourth-order valence-electron chi connectivity index (χ4n) is 2.06. The highest BCUT2D eigenvalue weighted by molar-refractivity contribution is 7.11. The van der Waals surface area contributed by atoms with E-state index in [-0.39, 0.29) is 0 Å². The lowest BCUT2D eigenvalue weighted by Gasteiger charge is -2.34. The van der Waals surface area contributed by atoms with Crippen LogP contribution in [-0.4, -0.2) is 29.0 Å². The summed E-state index contributed by atoms with van der Waals surface area (Å²) < 4.78 is 0. The minimum absolute atomic E-state index is 0.388. The molecule has 0 aliphatic carbocycles. The van der Waals surface area contributed by atoms with Crippen LogP contribution in [0.3, 0.4) is 0 Å². The summed E-state index contributed by atoms with van der Waals surface area (Å²) in [5.74, 6) is 0.611. The van der Waals surface area contributed by atoms with Gasteiger partial charge in [-0.05, 0) is 19.3 Å². The quantitative estimate of drug-likeness (QED) is 0.831. The molecule has 15 heavy (non-hydrogen) atoms. The highest BCUT2D eigenvalue weighted by Gasteiger charge is 2.23. The van der Waals surface area contributed by atoms with Crippen LogP contribution in [0.5, 0.6) is 0 Å². The topological polar surface area (TPSA) is 42.2 Å². The van der Waals surface area contributed by atoms with E-state index in [1.54, 1.807) is 11.3 Å². The molecule has 2 unspecified atom stereocenters. The summed E-state index contributed by atoms with van der Waals surface area (Å²) in [4.78, 5) is 8.16. The van der Waals surface area contributed by atoms with Crippen molar-refractivity contribution < 1.29 is 0 Å². The Morgan fingerprint density at radius 3 is 3.07 bits per heavy atom. The Labute approximate surface area is 95.3 Å². The maximum atomic E-state index is 6.00. The molecule has 0 saturated carbocycles. The van der Waals surface area contributed by atoms with Crippen LogP contribution in [0, 0.1) is 12.8 Å². The first-order valence-electron chi connectivity index (χ1n) is 5.54. The third kappa shape index (κ3) is 2.77. The van der Waals surface area contributed by atoms with Crippen LogP contribution in [0.1, 0.15) is 23.2 Å². The zero-order valence-corrected chi connectivity index (χ0v) is 10.3. The van der Waals surface area contributed by atoms with Gasteiger partial charge in [-0.3, -0.25) is 4.90 Å². The molecule has 1 aromatic rings. The van der Waals surface area contributed by atoms with Crippen molar-refractivity contribution >= 4 is 11.3 Å². The lowest BCUT2D eigenvalue weighted by molar-refractivity contribution is 0.157. The summed E-state index contributed by atoms with van der Waals surface area (Å²) >= 11 is 1.80. The predicted molar refractivity (Wildman–Crippen MR) is 63.9 cm³/mol. The van der Waals surface area contributed by atoms with E-state index in [4.69, 9.17) is 5.73 Å². The molecule has 2 rings (SSSR count). The van der Waals surface area contributed by atoms with Crippen LogP contribution in [-0.2, 0) is 6.54 Å². The summed E-state index contributed by atoms with van der Waals surface area (Å²) in [5.41, 5.74) is 6.00. The van der Waals surface area contributed by atoms with Crippen molar-refractivity contribution in [2.45, 2.75) is 32.9 Å². The molecule has 4 heteroatoms. The summed E-state index contributed by atoms with van der Waals surface area (Å²) in [6.45, 7) is 7.57. The van der Waals surface area contributed by atoms with Crippen molar-refractivity contribution in [2.24, 2.45) is 11.7 Å². The molecule has 0 bridgehead atoms. The zero-order chi connectivity index (χ0) is 10.8. The minimum atomic E-state index is 0.388. The van der Waals surface area contributed by atoms with Crippen molar-refractivity contribution in [1.82, 2.24) is 9.88 Å². The smallest absolute Gasteiger partial charge is 0.107 e.